The van der Waals surface area contributed by atoms with Crippen molar-refractivity contribution in [2.45, 2.75) is 12.5 Å². The van der Waals surface area contributed by atoms with Crippen molar-refractivity contribution in [3.63, 3.8) is 0 Å². The number of benzene rings is 4. The molecule has 1 atom stereocenters. The van der Waals surface area contributed by atoms with Gasteiger partial charge in [-0.25, -0.2) is 4.79 Å². The number of carbonyl (C=O) groups is 1. The molecule has 1 aromatic heterocycles. The number of aromatic carboxylic acids is 1. The van der Waals surface area contributed by atoms with E-state index < -0.39 is 5.97 Å². The van der Waals surface area contributed by atoms with E-state index in [4.69, 9.17) is 33.0 Å². The van der Waals surface area contributed by atoms with Crippen molar-refractivity contribution < 1.29 is 14.6 Å². The number of ether oxygens (including phenoxy) is 1. The number of fused-ring (bicyclic) bond motifs is 5. The Bertz CT molecular complexity index is 1640. The van der Waals surface area contributed by atoms with E-state index in [1.54, 1.807) is 25.3 Å². The number of aromatic nitrogens is 2. The second-order valence-electron chi connectivity index (χ2n) is 8.86. The van der Waals surface area contributed by atoms with Crippen LogP contribution >= 0.6 is 23.2 Å². The van der Waals surface area contributed by atoms with E-state index in [0.29, 0.717) is 16.5 Å². The van der Waals surface area contributed by atoms with E-state index >= 15 is 0 Å². The molecule has 7 heteroatoms. The van der Waals surface area contributed by atoms with Gasteiger partial charge in [-0.15, -0.1) is 0 Å². The van der Waals surface area contributed by atoms with E-state index in [-0.39, 0.29) is 11.6 Å². The van der Waals surface area contributed by atoms with Crippen molar-refractivity contribution in [2.24, 2.45) is 0 Å². The van der Waals surface area contributed by atoms with Crippen LogP contribution in [0, 0.1) is 0 Å². The van der Waals surface area contributed by atoms with E-state index in [9.17, 15) is 9.90 Å². The monoisotopic (exact) mass is 514 g/mol. The molecule has 6 rings (SSSR count). The molecule has 1 N–H and O–H groups in total. The topological polar surface area (TPSA) is 64.3 Å². The summed E-state index contributed by atoms with van der Waals surface area (Å²) in [7, 11) is 1.66. The third-order valence-corrected chi connectivity index (χ3v) is 7.13. The number of carboxylic acids is 1. The Balaban J connectivity index is 1.52. The summed E-state index contributed by atoms with van der Waals surface area (Å²) in [5.41, 5.74) is 6.26. The molecule has 0 bridgehead atoms. The Morgan fingerprint density at radius 1 is 0.972 bits per heavy atom. The molecular weight excluding hydrogens is 495 g/mol. The molecule has 0 saturated heterocycles. The van der Waals surface area contributed by atoms with Gasteiger partial charge in [0.05, 0.1) is 30.1 Å². The first kappa shape index (κ1) is 22.7. The summed E-state index contributed by atoms with van der Waals surface area (Å²) in [5.74, 6) is -0.132. The molecule has 1 aliphatic rings. The molecule has 5 aromatic rings. The van der Waals surface area contributed by atoms with Gasteiger partial charge in [0.2, 0.25) is 0 Å². The molecule has 1 unspecified atom stereocenters. The zero-order chi connectivity index (χ0) is 25.0. The fourth-order valence-electron chi connectivity index (χ4n) is 5.01. The van der Waals surface area contributed by atoms with Gasteiger partial charge in [-0.3, -0.25) is 4.68 Å². The molecule has 36 heavy (non-hydrogen) atoms. The van der Waals surface area contributed by atoms with Gasteiger partial charge in [-0.1, -0.05) is 53.5 Å². The molecule has 2 heterocycles. The molecule has 0 amide bonds. The highest BCUT2D eigenvalue weighted by Crippen LogP contribution is 2.46. The molecule has 4 aromatic carbocycles. The largest absolute Gasteiger partial charge is 0.497 e. The first-order chi connectivity index (χ1) is 17.4. The zero-order valence-electron chi connectivity index (χ0n) is 19.2. The van der Waals surface area contributed by atoms with Crippen LogP contribution in [-0.4, -0.2) is 28.0 Å². The number of carboxylic acid groups (broad SMARTS) is 1. The lowest BCUT2D eigenvalue weighted by atomic mass is 9.92. The van der Waals surface area contributed by atoms with Gasteiger partial charge in [0.1, 0.15) is 5.75 Å². The van der Waals surface area contributed by atoms with Gasteiger partial charge >= 0.3 is 5.97 Å². The quantitative estimate of drug-likeness (QED) is 0.263. The Kier molecular flexibility index (Phi) is 5.47. The standard InChI is InChI=1S/C29H20Cl2N2O3/c1-36-22-7-9-23-18(13-22)6-8-24-26(10-16-2-4-17(5-3-16)29(34)35)33-27(28(23)24)15-25(32-33)19-11-20(30)14-21(31)12-19/h2-9,11-15,26H,10H2,1H3,(H,34,35). The van der Waals surface area contributed by atoms with E-state index in [1.807, 2.05) is 36.4 Å². The minimum Gasteiger partial charge on any atom is -0.497 e. The van der Waals surface area contributed by atoms with Gasteiger partial charge in [0.15, 0.2) is 0 Å². The molecule has 178 valence electrons. The highest BCUT2D eigenvalue weighted by Gasteiger charge is 2.32. The minimum absolute atomic E-state index is 0.0550. The van der Waals surface area contributed by atoms with E-state index in [1.165, 1.54) is 5.56 Å². The lowest BCUT2D eigenvalue weighted by Gasteiger charge is -2.15. The summed E-state index contributed by atoms with van der Waals surface area (Å²) in [4.78, 5) is 11.3. The average molecular weight is 515 g/mol. The summed E-state index contributed by atoms with van der Waals surface area (Å²) in [5, 5.41) is 17.6. The van der Waals surface area contributed by atoms with Crippen LogP contribution in [0.2, 0.25) is 10.0 Å². The third kappa shape index (κ3) is 3.81. The average Bonchev–Trinajstić information content (AvgIpc) is 3.42. The van der Waals surface area contributed by atoms with Crippen molar-refractivity contribution >= 4 is 39.9 Å². The maximum atomic E-state index is 11.3. The lowest BCUT2D eigenvalue weighted by molar-refractivity contribution is 0.0697. The van der Waals surface area contributed by atoms with Gasteiger partial charge in [-0.05, 0) is 76.9 Å². The van der Waals surface area contributed by atoms with Gasteiger partial charge < -0.3 is 9.84 Å². The van der Waals surface area contributed by atoms with Gasteiger partial charge in [0, 0.05) is 21.2 Å². The first-order valence-electron chi connectivity index (χ1n) is 11.4. The molecular formula is C29H20Cl2N2O3. The van der Waals surface area contributed by atoms with Gasteiger partial charge in [-0.2, -0.15) is 5.10 Å². The zero-order valence-corrected chi connectivity index (χ0v) is 20.7. The van der Waals surface area contributed by atoms with Crippen molar-refractivity contribution in [1.29, 1.82) is 0 Å². The van der Waals surface area contributed by atoms with Crippen LogP contribution in [0.3, 0.4) is 0 Å². The van der Waals surface area contributed by atoms with Crippen LogP contribution < -0.4 is 4.74 Å². The molecule has 0 radical (unpaired) electrons. The molecule has 5 nitrogen and oxygen atoms in total. The second-order valence-corrected chi connectivity index (χ2v) is 9.73. The minimum atomic E-state index is -0.936. The van der Waals surface area contributed by atoms with Crippen molar-refractivity contribution in [1.82, 2.24) is 9.78 Å². The number of methoxy groups -OCH3 is 1. The predicted molar refractivity (Wildman–Crippen MR) is 142 cm³/mol. The molecule has 0 fully saturated rings. The SMILES string of the molecule is COc1ccc2c3c(ccc2c1)C(Cc1ccc(C(=O)O)cc1)n1nc(-c2cc(Cl)cc(Cl)c2)cc1-3. The van der Waals surface area contributed by atoms with Crippen molar-refractivity contribution in [3.8, 4) is 28.3 Å². The normalized spacial score (nSPS) is 14.0. The Hall–Kier alpha value is -3.80. The van der Waals surface area contributed by atoms with Crippen molar-refractivity contribution in [2.75, 3.05) is 7.11 Å². The first-order valence-corrected chi connectivity index (χ1v) is 12.2. The Morgan fingerprint density at radius 2 is 1.72 bits per heavy atom. The molecule has 0 spiro atoms. The van der Waals surface area contributed by atoms with Crippen LogP contribution in [-0.2, 0) is 6.42 Å². The summed E-state index contributed by atoms with van der Waals surface area (Å²) in [6.45, 7) is 0. The highest BCUT2D eigenvalue weighted by atomic mass is 35.5. The van der Waals surface area contributed by atoms with E-state index in [0.717, 1.165) is 44.6 Å². The smallest absolute Gasteiger partial charge is 0.335 e. The molecule has 1 aliphatic heterocycles. The number of hydrogen-bond acceptors (Lipinski definition) is 3. The number of halogens is 2. The lowest BCUT2D eigenvalue weighted by Crippen LogP contribution is -2.11. The van der Waals surface area contributed by atoms with Gasteiger partial charge in [0.25, 0.3) is 0 Å². The maximum absolute atomic E-state index is 11.3. The maximum Gasteiger partial charge on any atom is 0.335 e. The molecule has 0 saturated carbocycles. The van der Waals surface area contributed by atoms with Crippen LogP contribution in [0.25, 0.3) is 33.3 Å². The van der Waals surface area contributed by atoms with Crippen LogP contribution in [0.5, 0.6) is 5.75 Å². The predicted octanol–water partition coefficient (Wildman–Crippen LogP) is 7.53. The van der Waals surface area contributed by atoms with Crippen LogP contribution in [0.1, 0.15) is 27.5 Å². The highest BCUT2D eigenvalue weighted by molar-refractivity contribution is 6.35. The number of rotatable bonds is 5. The number of hydrogen-bond donors (Lipinski definition) is 1. The second kappa shape index (κ2) is 8.70. The third-order valence-electron chi connectivity index (χ3n) is 6.69. The Labute approximate surface area is 217 Å². The molecule has 0 aliphatic carbocycles. The summed E-state index contributed by atoms with van der Waals surface area (Å²) < 4.78 is 7.50. The Morgan fingerprint density at radius 3 is 2.42 bits per heavy atom. The number of nitrogens with zero attached hydrogens (tertiary/aromatic N) is 2. The van der Waals surface area contributed by atoms with Crippen LogP contribution in [0.4, 0.5) is 0 Å². The summed E-state index contributed by atoms with van der Waals surface area (Å²) >= 11 is 12.6. The van der Waals surface area contributed by atoms with E-state index in [2.05, 4.69) is 28.9 Å². The van der Waals surface area contributed by atoms with Crippen LogP contribution in [0.15, 0.2) is 78.9 Å². The summed E-state index contributed by atoms with van der Waals surface area (Å²) in [6, 6.07) is 24.8. The fraction of sp³-hybridized carbons (Fsp3) is 0.103. The summed E-state index contributed by atoms with van der Waals surface area (Å²) in [6.07, 6.45) is 0.666. The van der Waals surface area contributed by atoms with Crippen molar-refractivity contribution in [3.05, 3.63) is 106 Å². The fourth-order valence-corrected chi connectivity index (χ4v) is 5.54.